The van der Waals surface area contributed by atoms with Crippen molar-refractivity contribution in [2.75, 3.05) is 5.75 Å². The van der Waals surface area contributed by atoms with Gasteiger partial charge in [-0.3, -0.25) is 9.98 Å². The highest BCUT2D eigenvalue weighted by Crippen LogP contribution is 2.48. The van der Waals surface area contributed by atoms with E-state index < -0.39 is 5.97 Å². The van der Waals surface area contributed by atoms with Crippen molar-refractivity contribution in [2.45, 2.75) is 31.5 Å². The Bertz CT molecular complexity index is 1110. The number of pyridine rings is 1. The Morgan fingerprint density at radius 3 is 2.87 bits per heavy atom. The molecule has 30 heavy (non-hydrogen) atoms. The maximum atomic E-state index is 11.5. The van der Waals surface area contributed by atoms with Crippen molar-refractivity contribution in [1.29, 1.82) is 0 Å². The molecule has 0 radical (unpaired) electrons. The molecule has 2 aliphatic rings. The van der Waals surface area contributed by atoms with Crippen LogP contribution in [0.3, 0.4) is 0 Å². The summed E-state index contributed by atoms with van der Waals surface area (Å²) in [6, 6.07) is 17.5. The number of aromatic carboxylic acids is 1. The van der Waals surface area contributed by atoms with Crippen molar-refractivity contribution >= 4 is 22.9 Å². The zero-order chi connectivity index (χ0) is 20.7. The van der Waals surface area contributed by atoms with Crippen LogP contribution in [0, 0.1) is 0 Å². The van der Waals surface area contributed by atoms with E-state index in [1.54, 1.807) is 18.2 Å². The zero-order valence-electron chi connectivity index (χ0n) is 16.5. The number of rotatable bonds is 5. The van der Waals surface area contributed by atoms with Gasteiger partial charge in [0.2, 0.25) is 0 Å². The molecule has 1 saturated heterocycles. The lowest BCUT2D eigenvalue weighted by Crippen LogP contribution is -2.36. The molecular formula is C23H22N4O2S. The molecular weight excluding hydrogens is 396 g/mol. The Balaban J connectivity index is 1.62. The molecule has 0 saturated carbocycles. The Morgan fingerprint density at radius 1 is 1.20 bits per heavy atom. The standard InChI is InChI=1S/C23H22N4O2S/c1-2-16-14-30-23-25-20(18-9-3-4-11-24-18)21(27(16)23)19-10-6-12-26(19)17-8-5-7-15(13-17)22(28)29/h3-13,16,20-21H,2,14H2,1H3,(H,28,29)/t16-,20+,21-/m1/s1. The third kappa shape index (κ3) is 3.10. The SMILES string of the molecule is CC[C@@H]1CSC2=N[C@@H](c3ccccn3)[C@@H](c3cccn3-c3cccc(C(=O)O)c3)N21. The van der Waals surface area contributed by atoms with Gasteiger partial charge >= 0.3 is 5.97 Å². The molecule has 152 valence electrons. The molecule has 1 fully saturated rings. The summed E-state index contributed by atoms with van der Waals surface area (Å²) in [5, 5.41) is 10.5. The van der Waals surface area contributed by atoms with Crippen molar-refractivity contribution in [3.63, 3.8) is 0 Å². The van der Waals surface area contributed by atoms with Gasteiger partial charge in [0.05, 0.1) is 11.3 Å². The molecule has 0 aliphatic carbocycles. The highest BCUT2D eigenvalue weighted by molar-refractivity contribution is 8.14. The van der Waals surface area contributed by atoms with Crippen LogP contribution in [-0.2, 0) is 0 Å². The number of hydrogen-bond donors (Lipinski definition) is 1. The summed E-state index contributed by atoms with van der Waals surface area (Å²) in [6.07, 6.45) is 4.86. The smallest absolute Gasteiger partial charge is 0.335 e. The molecule has 0 unspecified atom stereocenters. The average Bonchev–Trinajstić information content (AvgIpc) is 3.49. The summed E-state index contributed by atoms with van der Waals surface area (Å²) in [6.45, 7) is 2.22. The highest BCUT2D eigenvalue weighted by Gasteiger charge is 2.46. The molecule has 7 heteroatoms. The van der Waals surface area contributed by atoms with Crippen LogP contribution in [0.25, 0.3) is 5.69 Å². The van der Waals surface area contributed by atoms with Crippen LogP contribution < -0.4 is 0 Å². The summed E-state index contributed by atoms with van der Waals surface area (Å²) in [5.74, 6) is 0.112. The first-order valence-corrected chi connectivity index (χ1v) is 11.1. The number of benzene rings is 1. The number of aliphatic imine (C=N–C) groups is 1. The number of aromatic nitrogens is 2. The van der Waals surface area contributed by atoms with Crippen LogP contribution in [0.4, 0.5) is 0 Å². The summed E-state index contributed by atoms with van der Waals surface area (Å²) >= 11 is 1.81. The molecule has 2 aromatic heterocycles. The van der Waals surface area contributed by atoms with Gasteiger partial charge in [0.15, 0.2) is 5.17 Å². The van der Waals surface area contributed by atoms with Crippen molar-refractivity contribution in [1.82, 2.24) is 14.5 Å². The fourth-order valence-corrected chi connectivity index (χ4v) is 5.67. The van der Waals surface area contributed by atoms with Gasteiger partial charge in [-0.05, 0) is 48.9 Å². The molecule has 0 bridgehead atoms. The number of nitrogens with zero attached hydrogens (tertiary/aromatic N) is 4. The number of carboxylic acid groups (broad SMARTS) is 1. The molecule has 3 aromatic rings. The summed E-state index contributed by atoms with van der Waals surface area (Å²) in [5.41, 5.74) is 3.16. The number of carboxylic acids is 1. The third-order valence-corrected chi connectivity index (χ3v) is 6.91. The Morgan fingerprint density at radius 2 is 2.10 bits per heavy atom. The quantitative estimate of drug-likeness (QED) is 0.658. The van der Waals surface area contributed by atoms with Crippen LogP contribution in [0.2, 0.25) is 0 Å². The minimum absolute atomic E-state index is 0.0123. The largest absolute Gasteiger partial charge is 0.478 e. The lowest BCUT2D eigenvalue weighted by Gasteiger charge is -2.32. The normalized spacial score (nSPS) is 22.8. The number of thioether (sulfide) groups is 1. The summed E-state index contributed by atoms with van der Waals surface area (Å²) < 4.78 is 2.08. The van der Waals surface area contributed by atoms with E-state index in [0.717, 1.165) is 34.4 Å². The predicted molar refractivity (Wildman–Crippen MR) is 118 cm³/mol. The summed E-state index contributed by atoms with van der Waals surface area (Å²) in [7, 11) is 0. The number of amidine groups is 1. The monoisotopic (exact) mass is 418 g/mol. The second-order valence-electron chi connectivity index (χ2n) is 7.49. The van der Waals surface area contributed by atoms with Gasteiger partial charge in [-0.25, -0.2) is 4.79 Å². The topological polar surface area (TPSA) is 70.7 Å². The first-order valence-electron chi connectivity index (χ1n) is 10.1. The van der Waals surface area contributed by atoms with Crippen LogP contribution in [-0.4, -0.2) is 42.5 Å². The molecule has 4 heterocycles. The van der Waals surface area contributed by atoms with Gasteiger partial charge in [0, 0.05) is 35.6 Å². The van der Waals surface area contributed by atoms with Crippen LogP contribution in [0.1, 0.15) is 47.2 Å². The van der Waals surface area contributed by atoms with E-state index in [2.05, 4.69) is 27.4 Å². The Hall–Kier alpha value is -3.06. The van der Waals surface area contributed by atoms with Crippen LogP contribution in [0.15, 0.2) is 72.0 Å². The lowest BCUT2D eigenvalue weighted by atomic mass is 9.99. The van der Waals surface area contributed by atoms with E-state index in [1.807, 2.05) is 54.5 Å². The molecule has 3 atom stereocenters. The minimum Gasteiger partial charge on any atom is -0.478 e. The highest BCUT2D eigenvalue weighted by atomic mass is 32.2. The van der Waals surface area contributed by atoms with Crippen molar-refractivity contribution in [3.8, 4) is 5.69 Å². The lowest BCUT2D eigenvalue weighted by molar-refractivity contribution is 0.0697. The van der Waals surface area contributed by atoms with Crippen LogP contribution >= 0.6 is 11.8 Å². The van der Waals surface area contributed by atoms with Gasteiger partial charge in [-0.1, -0.05) is 30.8 Å². The summed E-state index contributed by atoms with van der Waals surface area (Å²) in [4.78, 5) is 23.6. The number of carbonyl (C=O) groups is 1. The second-order valence-corrected chi connectivity index (χ2v) is 8.48. The van der Waals surface area contributed by atoms with Gasteiger partial charge < -0.3 is 14.6 Å². The average molecular weight is 419 g/mol. The van der Waals surface area contributed by atoms with Gasteiger partial charge in [-0.15, -0.1) is 0 Å². The maximum absolute atomic E-state index is 11.5. The van der Waals surface area contributed by atoms with Gasteiger partial charge in [0.1, 0.15) is 12.1 Å². The molecule has 1 N–H and O–H groups in total. The van der Waals surface area contributed by atoms with Crippen molar-refractivity contribution in [2.24, 2.45) is 4.99 Å². The molecule has 0 spiro atoms. The second kappa shape index (κ2) is 7.65. The zero-order valence-corrected chi connectivity index (χ0v) is 17.4. The van der Waals surface area contributed by atoms with E-state index in [9.17, 15) is 9.90 Å². The first-order chi connectivity index (χ1) is 14.7. The van der Waals surface area contributed by atoms with Crippen molar-refractivity contribution < 1.29 is 9.90 Å². The van der Waals surface area contributed by atoms with E-state index in [4.69, 9.17) is 4.99 Å². The van der Waals surface area contributed by atoms with E-state index in [0.29, 0.717) is 6.04 Å². The molecule has 0 amide bonds. The fourth-order valence-electron chi connectivity index (χ4n) is 4.33. The third-order valence-electron chi connectivity index (χ3n) is 5.78. The van der Waals surface area contributed by atoms with E-state index in [-0.39, 0.29) is 17.6 Å². The minimum atomic E-state index is -0.926. The maximum Gasteiger partial charge on any atom is 0.335 e. The molecule has 6 nitrogen and oxygen atoms in total. The molecule has 2 aliphatic heterocycles. The first kappa shape index (κ1) is 18.9. The van der Waals surface area contributed by atoms with Gasteiger partial charge in [0.25, 0.3) is 0 Å². The van der Waals surface area contributed by atoms with Crippen molar-refractivity contribution in [3.05, 3.63) is 83.9 Å². The Kier molecular flexibility index (Phi) is 4.83. The number of hydrogen-bond acceptors (Lipinski definition) is 5. The van der Waals surface area contributed by atoms with Crippen LogP contribution in [0.5, 0.6) is 0 Å². The van der Waals surface area contributed by atoms with Gasteiger partial charge in [-0.2, -0.15) is 0 Å². The Labute approximate surface area is 179 Å². The van der Waals surface area contributed by atoms with E-state index >= 15 is 0 Å². The number of fused-ring (bicyclic) bond motifs is 1. The predicted octanol–water partition coefficient (Wildman–Crippen LogP) is 4.55. The molecule has 5 rings (SSSR count). The van der Waals surface area contributed by atoms with E-state index in [1.165, 1.54) is 0 Å². The fraction of sp³-hybridized carbons (Fsp3) is 0.261. The molecule has 1 aromatic carbocycles.